The minimum Gasteiger partial charge on any atom is -0.315 e. The number of hydrogen-bond acceptors (Lipinski definition) is 3. The predicted octanol–water partition coefficient (Wildman–Crippen LogP) is 3.54. The predicted molar refractivity (Wildman–Crippen MR) is 108 cm³/mol. The zero-order chi connectivity index (χ0) is 19.4. The lowest BCUT2D eigenvalue weighted by Crippen LogP contribution is -2.43. The van der Waals surface area contributed by atoms with Crippen molar-refractivity contribution in [3.05, 3.63) is 65.2 Å². The minimum atomic E-state index is -3.41. The van der Waals surface area contributed by atoms with Crippen molar-refractivity contribution in [2.45, 2.75) is 18.6 Å². The Morgan fingerprint density at radius 3 is 2.26 bits per heavy atom. The summed E-state index contributed by atoms with van der Waals surface area (Å²) in [4.78, 5) is 14.4. The fraction of sp³-hybridized carbons (Fsp3) is 0.350. The molecule has 7 heteroatoms. The molecule has 0 radical (unpaired) electrons. The number of para-hydroxylation sites is 1. The van der Waals surface area contributed by atoms with Crippen LogP contribution in [0.3, 0.4) is 0 Å². The molecule has 0 unspecified atom stereocenters. The zero-order valence-corrected chi connectivity index (χ0v) is 16.8. The van der Waals surface area contributed by atoms with Gasteiger partial charge in [-0.2, -0.15) is 0 Å². The van der Waals surface area contributed by atoms with Crippen LogP contribution in [0.1, 0.15) is 18.4 Å². The summed E-state index contributed by atoms with van der Waals surface area (Å²) in [6.45, 7) is 0.740. The number of piperidine rings is 1. The Kier molecular flexibility index (Phi) is 6.19. The van der Waals surface area contributed by atoms with E-state index in [-0.39, 0.29) is 17.6 Å². The van der Waals surface area contributed by atoms with Gasteiger partial charge >= 0.3 is 0 Å². The molecule has 0 N–H and O–H groups in total. The van der Waals surface area contributed by atoms with Crippen LogP contribution in [-0.2, 0) is 20.6 Å². The summed E-state index contributed by atoms with van der Waals surface area (Å²) in [5.74, 6) is -0.166. The second-order valence-corrected chi connectivity index (χ2v) is 9.19. The van der Waals surface area contributed by atoms with Crippen LogP contribution in [-0.4, -0.2) is 38.8 Å². The van der Waals surface area contributed by atoms with Crippen LogP contribution in [0.4, 0.5) is 5.69 Å². The monoisotopic (exact) mass is 406 g/mol. The van der Waals surface area contributed by atoms with Gasteiger partial charge in [0.05, 0.1) is 5.75 Å². The number of nitrogens with zero attached hydrogens (tertiary/aromatic N) is 2. The molecule has 0 spiro atoms. The highest BCUT2D eigenvalue weighted by atomic mass is 35.5. The second kappa shape index (κ2) is 8.42. The maximum absolute atomic E-state index is 12.7. The highest BCUT2D eigenvalue weighted by molar-refractivity contribution is 7.88. The first-order chi connectivity index (χ1) is 12.9. The maximum atomic E-state index is 12.7. The Morgan fingerprint density at radius 2 is 1.67 bits per heavy atom. The number of carbonyl (C=O) groups is 1. The SMILES string of the molecule is CN(C(=O)C1CCN(S(=O)(=O)Cc2ccc(Cl)cc2)CC1)c1ccccc1. The Morgan fingerprint density at radius 1 is 1.07 bits per heavy atom. The van der Waals surface area contributed by atoms with Crippen LogP contribution in [0.5, 0.6) is 0 Å². The van der Waals surface area contributed by atoms with E-state index in [0.29, 0.717) is 36.5 Å². The number of sulfonamides is 1. The first kappa shape index (κ1) is 19.9. The van der Waals surface area contributed by atoms with Gasteiger partial charge in [-0.25, -0.2) is 12.7 Å². The Labute approximate surface area is 165 Å². The third kappa shape index (κ3) is 4.89. The van der Waals surface area contributed by atoms with Gasteiger partial charge in [0.1, 0.15) is 0 Å². The van der Waals surface area contributed by atoms with Crippen molar-refractivity contribution in [1.29, 1.82) is 0 Å². The normalized spacial score (nSPS) is 16.2. The van der Waals surface area contributed by atoms with Gasteiger partial charge in [-0.05, 0) is 42.7 Å². The van der Waals surface area contributed by atoms with E-state index >= 15 is 0 Å². The van der Waals surface area contributed by atoms with E-state index < -0.39 is 10.0 Å². The summed E-state index contributed by atoms with van der Waals surface area (Å²) in [5.41, 5.74) is 1.56. The number of hydrogen-bond donors (Lipinski definition) is 0. The summed E-state index contributed by atoms with van der Waals surface area (Å²) < 4.78 is 26.8. The molecule has 27 heavy (non-hydrogen) atoms. The summed E-state index contributed by atoms with van der Waals surface area (Å²) in [5, 5.41) is 0.581. The molecule has 1 heterocycles. The number of carbonyl (C=O) groups excluding carboxylic acids is 1. The van der Waals surface area contributed by atoms with Crippen LogP contribution in [0.25, 0.3) is 0 Å². The van der Waals surface area contributed by atoms with Gasteiger partial charge in [0.25, 0.3) is 0 Å². The fourth-order valence-corrected chi connectivity index (χ4v) is 5.01. The lowest BCUT2D eigenvalue weighted by molar-refractivity contribution is -0.123. The molecule has 1 aliphatic rings. The summed E-state index contributed by atoms with van der Waals surface area (Å²) in [6.07, 6.45) is 1.08. The standard InChI is InChI=1S/C20H23ClN2O3S/c1-22(19-5-3-2-4-6-19)20(24)17-11-13-23(14-12-17)27(25,26)15-16-7-9-18(21)10-8-16/h2-10,17H,11-15H2,1H3. The third-order valence-electron chi connectivity index (χ3n) is 4.93. The van der Waals surface area contributed by atoms with E-state index in [1.165, 1.54) is 4.31 Å². The summed E-state index contributed by atoms with van der Waals surface area (Å²) in [6, 6.07) is 16.3. The van der Waals surface area contributed by atoms with E-state index in [0.717, 1.165) is 5.69 Å². The largest absolute Gasteiger partial charge is 0.315 e. The molecule has 2 aromatic carbocycles. The van der Waals surface area contributed by atoms with Gasteiger partial charge in [-0.3, -0.25) is 4.79 Å². The summed E-state index contributed by atoms with van der Waals surface area (Å²) >= 11 is 5.85. The molecule has 0 atom stereocenters. The number of rotatable bonds is 5. The lowest BCUT2D eigenvalue weighted by atomic mass is 9.96. The first-order valence-corrected chi connectivity index (χ1v) is 10.9. The second-order valence-electron chi connectivity index (χ2n) is 6.79. The average Bonchev–Trinajstić information content (AvgIpc) is 2.69. The van der Waals surface area contributed by atoms with Crippen LogP contribution in [0.15, 0.2) is 54.6 Å². The number of anilines is 1. The van der Waals surface area contributed by atoms with E-state index in [9.17, 15) is 13.2 Å². The Hall–Kier alpha value is -1.89. The topological polar surface area (TPSA) is 57.7 Å². The van der Waals surface area contributed by atoms with Crippen molar-refractivity contribution in [3.63, 3.8) is 0 Å². The molecule has 0 aliphatic carbocycles. The quantitative estimate of drug-likeness (QED) is 0.763. The average molecular weight is 407 g/mol. The molecule has 3 rings (SSSR count). The number of benzene rings is 2. The van der Waals surface area contributed by atoms with Crippen molar-refractivity contribution >= 4 is 33.2 Å². The van der Waals surface area contributed by atoms with Crippen molar-refractivity contribution in [2.75, 3.05) is 25.0 Å². The molecule has 2 aromatic rings. The van der Waals surface area contributed by atoms with Crippen LogP contribution >= 0.6 is 11.6 Å². The molecule has 1 fully saturated rings. The molecule has 1 aliphatic heterocycles. The summed E-state index contributed by atoms with van der Waals surface area (Å²) in [7, 11) is -1.64. The van der Waals surface area contributed by atoms with Crippen LogP contribution in [0.2, 0.25) is 5.02 Å². The molecular weight excluding hydrogens is 384 g/mol. The molecular formula is C20H23ClN2O3S. The smallest absolute Gasteiger partial charge is 0.229 e. The molecule has 0 aromatic heterocycles. The van der Waals surface area contributed by atoms with Gasteiger partial charge in [-0.1, -0.05) is 41.9 Å². The van der Waals surface area contributed by atoms with E-state index in [1.54, 1.807) is 36.2 Å². The Balaban J connectivity index is 1.59. The van der Waals surface area contributed by atoms with Crippen molar-refractivity contribution in [2.24, 2.45) is 5.92 Å². The fourth-order valence-electron chi connectivity index (χ4n) is 3.32. The van der Waals surface area contributed by atoms with Crippen LogP contribution < -0.4 is 4.90 Å². The van der Waals surface area contributed by atoms with Gasteiger partial charge in [0.2, 0.25) is 15.9 Å². The third-order valence-corrected chi connectivity index (χ3v) is 7.03. The highest BCUT2D eigenvalue weighted by Gasteiger charge is 2.32. The van der Waals surface area contributed by atoms with Gasteiger partial charge in [-0.15, -0.1) is 0 Å². The van der Waals surface area contributed by atoms with Gasteiger partial charge < -0.3 is 4.90 Å². The molecule has 1 saturated heterocycles. The van der Waals surface area contributed by atoms with E-state index in [2.05, 4.69) is 0 Å². The van der Waals surface area contributed by atoms with Crippen molar-refractivity contribution in [3.8, 4) is 0 Å². The van der Waals surface area contributed by atoms with Crippen molar-refractivity contribution < 1.29 is 13.2 Å². The first-order valence-electron chi connectivity index (χ1n) is 8.92. The van der Waals surface area contributed by atoms with Gasteiger partial charge in [0.15, 0.2) is 0 Å². The molecule has 1 amide bonds. The van der Waals surface area contributed by atoms with E-state index in [4.69, 9.17) is 11.6 Å². The molecule has 5 nitrogen and oxygen atoms in total. The van der Waals surface area contributed by atoms with E-state index in [1.807, 2.05) is 30.3 Å². The van der Waals surface area contributed by atoms with Gasteiger partial charge in [0, 0.05) is 36.8 Å². The van der Waals surface area contributed by atoms with Crippen LogP contribution in [0, 0.1) is 5.92 Å². The molecule has 0 saturated carbocycles. The number of amides is 1. The molecule has 144 valence electrons. The molecule has 0 bridgehead atoms. The highest BCUT2D eigenvalue weighted by Crippen LogP contribution is 2.25. The zero-order valence-electron chi connectivity index (χ0n) is 15.2. The minimum absolute atomic E-state index is 0.0379. The maximum Gasteiger partial charge on any atom is 0.229 e. The Bertz CT molecular complexity index is 877. The number of halogens is 1. The lowest BCUT2D eigenvalue weighted by Gasteiger charge is -2.32. The van der Waals surface area contributed by atoms with Crippen molar-refractivity contribution in [1.82, 2.24) is 4.31 Å².